The molecule has 0 spiro atoms. The minimum Gasteiger partial charge on any atom is -0.373 e. The molecule has 3 unspecified atom stereocenters. The molecule has 0 amide bonds. The van der Waals surface area contributed by atoms with Crippen LogP contribution in [0, 0.1) is 12.8 Å². The average molecular weight is 289 g/mol. The Hall–Kier alpha value is -0.860. The minimum absolute atomic E-state index is 0.0454. The molecule has 2 nitrogen and oxygen atoms in total. The fourth-order valence-electron chi connectivity index (χ4n) is 3.97. The van der Waals surface area contributed by atoms with E-state index in [1.807, 2.05) is 0 Å². The average Bonchev–Trinajstić information content (AvgIpc) is 2.45. The number of aryl methyl sites for hydroxylation is 1. The van der Waals surface area contributed by atoms with Crippen LogP contribution in [0.2, 0.25) is 0 Å². The van der Waals surface area contributed by atoms with Gasteiger partial charge in [-0.3, -0.25) is 0 Å². The van der Waals surface area contributed by atoms with Crippen LogP contribution in [-0.2, 0) is 4.74 Å². The first-order chi connectivity index (χ1) is 10.1. The largest absolute Gasteiger partial charge is 0.373 e. The van der Waals surface area contributed by atoms with Crippen molar-refractivity contribution in [3.63, 3.8) is 0 Å². The summed E-state index contributed by atoms with van der Waals surface area (Å²) in [5, 5.41) is 3.72. The first kappa shape index (κ1) is 16.5. The zero-order valence-corrected chi connectivity index (χ0v) is 14.1. The van der Waals surface area contributed by atoms with E-state index in [-0.39, 0.29) is 5.60 Å². The highest BCUT2D eigenvalue weighted by Crippen LogP contribution is 2.43. The molecule has 1 aliphatic rings. The molecular formula is C19H31NO. The summed E-state index contributed by atoms with van der Waals surface area (Å²) in [6.45, 7) is 10.6. The number of nitrogens with one attached hydrogen (secondary N) is 1. The van der Waals surface area contributed by atoms with Gasteiger partial charge in [-0.1, -0.05) is 56.5 Å². The molecule has 2 heteroatoms. The molecule has 1 fully saturated rings. The molecule has 0 aliphatic heterocycles. The molecule has 1 aromatic carbocycles. The third-order valence-electron chi connectivity index (χ3n) is 4.73. The molecule has 21 heavy (non-hydrogen) atoms. The zero-order valence-electron chi connectivity index (χ0n) is 14.1. The van der Waals surface area contributed by atoms with E-state index >= 15 is 0 Å². The smallest absolute Gasteiger partial charge is 0.0878 e. The van der Waals surface area contributed by atoms with E-state index in [4.69, 9.17) is 4.74 Å². The fraction of sp³-hybridized carbons (Fsp3) is 0.684. The van der Waals surface area contributed by atoms with E-state index in [0.29, 0.717) is 6.04 Å². The summed E-state index contributed by atoms with van der Waals surface area (Å²) < 4.78 is 6.39. The maximum absolute atomic E-state index is 6.39. The van der Waals surface area contributed by atoms with Gasteiger partial charge in [-0.05, 0) is 44.7 Å². The predicted octanol–water partition coefficient (Wildman–Crippen LogP) is 4.63. The quantitative estimate of drug-likeness (QED) is 0.824. The lowest BCUT2D eigenvalue weighted by atomic mass is 9.72. The van der Waals surface area contributed by atoms with Crippen LogP contribution in [0.1, 0.15) is 63.6 Å². The van der Waals surface area contributed by atoms with Crippen molar-refractivity contribution < 1.29 is 4.74 Å². The molecule has 1 aromatic rings. The standard InChI is InChI=1S/C19H31NO/c1-5-20-18(17-11-7-9-15(3)13-17)19(21-6-2)12-8-10-16(4)14-19/h7,9,11,13,16,18,20H,5-6,8,10,12,14H2,1-4H3. The number of hydrogen-bond acceptors (Lipinski definition) is 2. The van der Waals surface area contributed by atoms with Crippen LogP contribution in [0.3, 0.4) is 0 Å². The van der Waals surface area contributed by atoms with Gasteiger partial charge in [0.25, 0.3) is 0 Å². The van der Waals surface area contributed by atoms with Crippen LogP contribution in [0.25, 0.3) is 0 Å². The van der Waals surface area contributed by atoms with Crippen LogP contribution < -0.4 is 5.32 Å². The van der Waals surface area contributed by atoms with E-state index in [2.05, 4.69) is 57.3 Å². The van der Waals surface area contributed by atoms with E-state index in [1.54, 1.807) is 0 Å². The van der Waals surface area contributed by atoms with Crippen LogP contribution in [-0.4, -0.2) is 18.8 Å². The summed E-state index contributed by atoms with van der Waals surface area (Å²) in [6.07, 6.45) is 4.93. The monoisotopic (exact) mass is 289 g/mol. The van der Waals surface area contributed by atoms with Crippen molar-refractivity contribution in [3.05, 3.63) is 35.4 Å². The maximum Gasteiger partial charge on any atom is 0.0878 e. The number of hydrogen-bond donors (Lipinski definition) is 1. The maximum atomic E-state index is 6.39. The van der Waals surface area contributed by atoms with Crippen LogP contribution >= 0.6 is 0 Å². The molecule has 0 bridgehead atoms. The van der Waals surface area contributed by atoms with Crippen LogP contribution in [0.15, 0.2) is 24.3 Å². The van der Waals surface area contributed by atoms with Crippen molar-refractivity contribution in [2.45, 2.75) is 65.0 Å². The Morgan fingerprint density at radius 3 is 2.81 bits per heavy atom. The Morgan fingerprint density at radius 1 is 1.38 bits per heavy atom. The molecule has 1 N–H and O–H groups in total. The Kier molecular flexibility index (Phi) is 5.83. The summed E-state index contributed by atoms with van der Waals surface area (Å²) in [7, 11) is 0. The number of likely N-dealkylation sites (N-methyl/N-ethyl adjacent to an activating group) is 1. The number of benzene rings is 1. The van der Waals surface area contributed by atoms with Crippen molar-refractivity contribution in [1.82, 2.24) is 5.32 Å². The second-order valence-corrected chi connectivity index (χ2v) is 6.60. The summed E-state index contributed by atoms with van der Waals surface area (Å²) in [4.78, 5) is 0. The minimum atomic E-state index is -0.0454. The van der Waals surface area contributed by atoms with Gasteiger partial charge in [0.2, 0.25) is 0 Å². The van der Waals surface area contributed by atoms with Crippen LogP contribution in [0.4, 0.5) is 0 Å². The van der Waals surface area contributed by atoms with Gasteiger partial charge in [0.05, 0.1) is 11.6 Å². The lowest BCUT2D eigenvalue weighted by Gasteiger charge is -2.46. The van der Waals surface area contributed by atoms with Gasteiger partial charge in [0, 0.05) is 6.61 Å². The Labute approximate surface area is 130 Å². The molecular weight excluding hydrogens is 258 g/mol. The van der Waals surface area contributed by atoms with E-state index in [0.717, 1.165) is 31.9 Å². The van der Waals surface area contributed by atoms with Gasteiger partial charge in [-0.15, -0.1) is 0 Å². The SMILES string of the molecule is CCNC(c1cccc(C)c1)C1(OCC)CCCC(C)C1. The molecule has 1 saturated carbocycles. The predicted molar refractivity (Wildman–Crippen MR) is 89.6 cm³/mol. The van der Waals surface area contributed by atoms with Crippen molar-refractivity contribution in [1.29, 1.82) is 0 Å². The van der Waals surface area contributed by atoms with Gasteiger partial charge in [-0.2, -0.15) is 0 Å². The van der Waals surface area contributed by atoms with Crippen molar-refractivity contribution in [3.8, 4) is 0 Å². The molecule has 0 saturated heterocycles. The molecule has 0 heterocycles. The summed E-state index contributed by atoms with van der Waals surface area (Å²) >= 11 is 0. The first-order valence-corrected chi connectivity index (χ1v) is 8.55. The molecule has 0 radical (unpaired) electrons. The second-order valence-electron chi connectivity index (χ2n) is 6.60. The third-order valence-corrected chi connectivity index (χ3v) is 4.73. The number of ether oxygens (including phenoxy) is 1. The topological polar surface area (TPSA) is 21.3 Å². The van der Waals surface area contributed by atoms with Crippen molar-refractivity contribution in [2.75, 3.05) is 13.2 Å². The molecule has 2 rings (SSSR count). The van der Waals surface area contributed by atoms with Gasteiger partial charge >= 0.3 is 0 Å². The van der Waals surface area contributed by atoms with Crippen LogP contribution in [0.5, 0.6) is 0 Å². The van der Waals surface area contributed by atoms with Gasteiger partial charge in [0.1, 0.15) is 0 Å². The lowest BCUT2D eigenvalue weighted by molar-refractivity contribution is -0.101. The highest BCUT2D eigenvalue weighted by molar-refractivity contribution is 5.28. The van der Waals surface area contributed by atoms with E-state index in [1.165, 1.54) is 24.0 Å². The second kappa shape index (κ2) is 7.42. The highest BCUT2D eigenvalue weighted by atomic mass is 16.5. The fourth-order valence-corrected chi connectivity index (χ4v) is 3.97. The van der Waals surface area contributed by atoms with E-state index < -0.39 is 0 Å². The Bertz CT molecular complexity index is 441. The molecule has 118 valence electrons. The van der Waals surface area contributed by atoms with Gasteiger partial charge < -0.3 is 10.1 Å². The molecule has 1 aliphatic carbocycles. The van der Waals surface area contributed by atoms with Crippen molar-refractivity contribution >= 4 is 0 Å². The lowest BCUT2D eigenvalue weighted by Crippen LogP contribution is -2.49. The summed E-state index contributed by atoms with van der Waals surface area (Å²) in [6, 6.07) is 9.20. The number of rotatable bonds is 6. The van der Waals surface area contributed by atoms with E-state index in [9.17, 15) is 0 Å². The first-order valence-electron chi connectivity index (χ1n) is 8.55. The van der Waals surface area contributed by atoms with Crippen molar-refractivity contribution in [2.24, 2.45) is 5.92 Å². The Morgan fingerprint density at radius 2 is 2.19 bits per heavy atom. The molecule has 3 atom stereocenters. The summed E-state index contributed by atoms with van der Waals surface area (Å²) in [5.41, 5.74) is 2.65. The third kappa shape index (κ3) is 3.87. The van der Waals surface area contributed by atoms with Gasteiger partial charge in [0.15, 0.2) is 0 Å². The normalized spacial score (nSPS) is 27.5. The zero-order chi connectivity index (χ0) is 15.3. The Balaban J connectivity index is 2.36. The highest BCUT2D eigenvalue weighted by Gasteiger charge is 2.43. The van der Waals surface area contributed by atoms with Gasteiger partial charge in [-0.25, -0.2) is 0 Å². The summed E-state index contributed by atoms with van der Waals surface area (Å²) in [5.74, 6) is 0.747. The molecule has 0 aromatic heterocycles.